The molecule has 1 rings (SSSR count). The van der Waals surface area contributed by atoms with Crippen molar-refractivity contribution in [1.82, 2.24) is 16.0 Å². The monoisotopic (exact) mass is 587 g/mol. The first-order valence-corrected chi connectivity index (χ1v) is 13.6. The molecule has 0 fully saturated rings. The van der Waals surface area contributed by atoms with Crippen molar-refractivity contribution in [3.63, 3.8) is 0 Å². The van der Waals surface area contributed by atoms with Gasteiger partial charge in [-0.25, -0.2) is 9.59 Å². The average molecular weight is 588 g/mol. The molecule has 0 heterocycles. The van der Waals surface area contributed by atoms with E-state index in [-0.39, 0.29) is 28.6 Å². The van der Waals surface area contributed by atoms with Crippen LogP contribution in [0, 0.1) is 0 Å². The maximum absolute atomic E-state index is 12.9. The summed E-state index contributed by atoms with van der Waals surface area (Å²) in [4.78, 5) is 84.3. The molecule has 3 amide bonds. The summed E-state index contributed by atoms with van der Waals surface area (Å²) in [5.41, 5.74) is 0.0321. The normalized spacial score (nSPS) is 12.8. The lowest BCUT2D eigenvalue weighted by atomic mass is 10.2. The van der Waals surface area contributed by atoms with Gasteiger partial charge in [-0.3, -0.25) is 24.0 Å². The first-order valence-electron chi connectivity index (χ1n) is 11.0. The summed E-state index contributed by atoms with van der Waals surface area (Å²) in [7, 11) is 1.14. The molecule has 12 nitrogen and oxygen atoms in total. The van der Waals surface area contributed by atoms with E-state index >= 15 is 0 Å². The summed E-state index contributed by atoms with van der Waals surface area (Å²) in [5, 5.41) is 6.14. The number of thiol groups is 1. The minimum Gasteiger partial charge on any atom is -0.467 e. The van der Waals surface area contributed by atoms with Crippen molar-refractivity contribution >= 4 is 76.0 Å². The highest BCUT2D eigenvalue weighted by atomic mass is 32.2. The summed E-state index contributed by atoms with van der Waals surface area (Å²) in [5.74, 6) is -3.44. The van der Waals surface area contributed by atoms with Crippen molar-refractivity contribution in [3.05, 3.63) is 29.8 Å². The lowest BCUT2D eigenvalue weighted by Crippen LogP contribution is -2.44. The van der Waals surface area contributed by atoms with Crippen LogP contribution in [0.4, 0.5) is 0 Å². The highest BCUT2D eigenvalue weighted by Crippen LogP contribution is 2.25. The lowest BCUT2D eigenvalue weighted by Gasteiger charge is -2.19. The van der Waals surface area contributed by atoms with Crippen LogP contribution in [-0.4, -0.2) is 82.4 Å². The summed E-state index contributed by atoms with van der Waals surface area (Å²) in [6.07, 6.45) is 0. The van der Waals surface area contributed by atoms with Crippen LogP contribution in [0.3, 0.4) is 0 Å². The molecule has 0 aliphatic carbocycles. The fourth-order valence-corrected chi connectivity index (χ4v) is 4.92. The van der Waals surface area contributed by atoms with Crippen molar-refractivity contribution in [2.45, 2.75) is 38.9 Å². The maximum Gasteiger partial charge on any atom is 0.334 e. The maximum atomic E-state index is 12.9. The molecule has 1 aromatic carbocycles. The van der Waals surface area contributed by atoms with E-state index in [0.29, 0.717) is 23.5 Å². The zero-order valence-electron chi connectivity index (χ0n) is 21.1. The van der Waals surface area contributed by atoms with E-state index in [1.165, 1.54) is 32.9 Å². The molecule has 0 spiro atoms. The van der Waals surface area contributed by atoms with E-state index in [2.05, 4.69) is 33.3 Å². The molecular formula is C23H29N3O9S3. The number of carbonyl (C=O) groups is 7. The number of hydrogen-bond acceptors (Lipinski definition) is 12. The number of amides is 3. The molecule has 15 heteroatoms. The third-order valence-corrected chi connectivity index (χ3v) is 6.88. The summed E-state index contributed by atoms with van der Waals surface area (Å²) >= 11 is 5.42. The van der Waals surface area contributed by atoms with E-state index in [9.17, 15) is 33.6 Å². The Labute approximate surface area is 233 Å². The number of esters is 2. The van der Waals surface area contributed by atoms with E-state index in [1.54, 1.807) is 12.1 Å². The van der Waals surface area contributed by atoms with Gasteiger partial charge in [0, 0.05) is 38.0 Å². The van der Waals surface area contributed by atoms with Crippen molar-refractivity contribution in [3.8, 4) is 5.75 Å². The van der Waals surface area contributed by atoms with Gasteiger partial charge in [0.15, 0.2) is 0 Å². The van der Waals surface area contributed by atoms with Gasteiger partial charge in [0.25, 0.3) is 0 Å². The largest absolute Gasteiger partial charge is 0.467 e. The molecule has 0 saturated heterocycles. The predicted molar refractivity (Wildman–Crippen MR) is 145 cm³/mol. The molecule has 3 unspecified atom stereocenters. The van der Waals surface area contributed by atoms with E-state index in [4.69, 9.17) is 4.74 Å². The van der Waals surface area contributed by atoms with Gasteiger partial charge < -0.3 is 25.4 Å². The number of methoxy groups -OCH3 is 1. The fourth-order valence-electron chi connectivity index (χ4n) is 2.80. The molecule has 1 aromatic rings. The number of rotatable bonds is 13. The van der Waals surface area contributed by atoms with Gasteiger partial charge in [-0.15, -0.1) is 0 Å². The zero-order chi connectivity index (χ0) is 28.8. The molecule has 0 radical (unpaired) electrons. The third-order valence-electron chi connectivity index (χ3n) is 4.46. The van der Waals surface area contributed by atoms with Gasteiger partial charge in [0.05, 0.1) is 12.7 Å². The van der Waals surface area contributed by atoms with E-state index < -0.39 is 58.0 Å². The Hall–Kier alpha value is -3.04. The predicted octanol–water partition coefficient (Wildman–Crippen LogP) is 0.342. The first-order chi connectivity index (χ1) is 17.9. The Morgan fingerprint density at radius 2 is 1.32 bits per heavy atom. The van der Waals surface area contributed by atoms with Crippen LogP contribution in [0.2, 0.25) is 0 Å². The molecular weight excluding hydrogens is 558 g/mol. The molecule has 3 atom stereocenters. The Balaban J connectivity index is 2.93. The van der Waals surface area contributed by atoms with Crippen LogP contribution in [0.15, 0.2) is 24.3 Å². The highest BCUT2D eigenvalue weighted by molar-refractivity contribution is 8.15. The Morgan fingerprint density at radius 1 is 0.789 bits per heavy atom. The smallest absolute Gasteiger partial charge is 0.334 e. The van der Waals surface area contributed by atoms with Crippen LogP contribution < -0.4 is 20.7 Å². The number of thioether (sulfide) groups is 2. The van der Waals surface area contributed by atoms with Crippen molar-refractivity contribution in [2.24, 2.45) is 0 Å². The second kappa shape index (κ2) is 16.7. The van der Waals surface area contributed by atoms with Gasteiger partial charge in [0.1, 0.15) is 23.9 Å². The van der Waals surface area contributed by atoms with Gasteiger partial charge in [-0.1, -0.05) is 35.7 Å². The molecule has 0 bridgehead atoms. The van der Waals surface area contributed by atoms with Crippen molar-refractivity contribution in [1.29, 1.82) is 0 Å². The van der Waals surface area contributed by atoms with Crippen molar-refractivity contribution < 1.29 is 43.0 Å². The lowest BCUT2D eigenvalue weighted by molar-refractivity contribution is -0.144. The highest BCUT2D eigenvalue weighted by Gasteiger charge is 2.28. The Bertz CT molecular complexity index is 1070. The third kappa shape index (κ3) is 11.6. The number of hydrogen-bond donors (Lipinski definition) is 4. The molecule has 208 valence electrons. The molecule has 0 saturated carbocycles. The van der Waals surface area contributed by atoms with E-state index in [1.807, 2.05) is 0 Å². The zero-order valence-corrected chi connectivity index (χ0v) is 23.6. The number of para-hydroxylation sites is 1. The van der Waals surface area contributed by atoms with E-state index in [0.717, 1.165) is 7.11 Å². The number of benzene rings is 1. The summed E-state index contributed by atoms with van der Waals surface area (Å²) < 4.78 is 9.93. The quantitative estimate of drug-likeness (QED) is 0.142. The Kier molecular flexibility index (Phi) is 14.5. The second-order valence-corrected chi connectivity index (χ2v) is 9.99. The van der Waals surface area contributed by atoms with Crippen molar-refractivity contribution in [2.75, 3.05) is 24.4 Å². The number of nitrogens with one attached hydrogen (secondary N) is 3. The van der Waals surface area contributed by atoms with Crippen LogP contribution in [-0.2, 0) is 33.5 Å². The standard InChI is InChI=1S/C23H29N3O9S3/c1-12(27)24-16(9-36)21(31)35-19-8-6-5-7-15(19)22(32)37-11-18(26-14(3)29)23(33)38-10-17(20(30)34-4)25-13(2)28/h5-8,16-18,36H,9-11H2,1-4H3,(H,24,27)(H,25,28)(H,26,29). The van der Waals surface area contributed by atoms with Gasteiger partial charge in [-0.05, 0) is 12.1 Å². The van der Waals surface area contributed by atoms with Crippen LogP contribution in [0.1, 0.15) is 31.1 Å². The number of carbonyl (C=O) groups excluding carboxylic acids is 7. The average Bonchev–Trinajstić information content (AvgIpc) is 2.86. The first kappa shape index (κ1) is 33.0. The fraction of sp³-hybridized carbons (Fsp3) is 0.435. The minimum atomic E-state index is -1.11. The second-order valence-electron chi connectivity index (χ2n) is 7.61. The molecule has 0 aliphatic rings. The summed E-state index contributed by atoms with van der Waals surface area (Å²) in [6, 6.07) is 2.70. The summed E-state index contributed by atoms with van der Waals surface area (Å²) in [6.45, 7) is 3.64. The van der Waals surface area contributed by atoms with Gasteiger partial charge in [-0.2, -0.15) is 12.6 Å². The Morgan fingerprint density at radius 3 is 1.87 bits per heavy atom. The van der Waals surface area contributed by atoms with Gasteiger partial charge in [0.2, 0.25) is 28.0 Å². The minimum absolute atomic E-state index is 0.0276. The molecule has 0 aliphatic heterocycles. The number of ether oxygens (including phenoxy) is 2. The topological polar surface area (TPSA) is 174 Å². The molecule has 38 heavy (non-hydrogen) atoms. The molecule has 0 aromatic heterocycles. The molecule has 3 N–H and O–H groups in total. The van der Waals surface area contributed by atoms with Crippen LogP contribution in [0.5, 0.6) is 5.75 Å². The van der Waals surface area contributed by atoms with Crippen LogP contribution in [0.25, 0.3) is 0 Å². The van der Waals surface area contributed by atoms with Crippen LogP contribution >= 0.6 is 36.2 Å². The van der Waals surface area contributed by atoms with Gasteiger partial charge >= 0.3 is 11.9 Å². The SMILES string of the molecule is COC(=O)C(CSC(=O)C(CSC(=O)c1ccccc1OC(=O)C(CS)NC(C)=O)NC(C)=O)NC(C)=O.